The molecular weight excluding hydrogens is 264 g/mol. The highest BCUT2D eigenvalue weighted by atomic mass is 16.5. The van der Waals surface area contributed by atoms with Crippen molar-refractivity contribution in [3.05, 3.63) is 22.8 Å². The Morgan fingerprint density at radius 2 is 2.00 bits per heavy atom. The van der Waals surface area contributed by atoms with Gasteiger partial charge in [0.15, 0.2) is 5.82 Å². The van der Waals surface area contributed by atoms with Crippen molar-refractivity contribution in [2.45, 2.75) is 33.3 Å². The number of aromatic nitrogens is 2. The molecule has 1 fully saturated rings. The molecule has 0 amide bonds. The third kappa shape index (κ3) is 4.22. The van der Waals surface area contributed by atoms with E-state index in [0.717, 1.165) is 49.9 Å². The molecule has 5 heteroatoms. The van der Waals surface area contributed by atoms with Gasteiger partial charge in [0.25, 0.3) is 0 Å². The maximum atomic E-state index is 5.83. The average molecular weight is 292 g/mol. The van der Waals surface area contributed by atoms with Crippen molar-refractivity contribution in [2.75, 3.05) is 40.3 Å². The molecule has 0 radical (unpaired) electrons. The molecule has 2 heterocycles. The zero-order valence-corrected chi connectivity index (χ0v) is 13.9. The van der Waals surface area contributed by atoms with E-state index in [1.807, 2.05) is 7.05 Å². The van der Waals surface area contributed by atoms with Crippen LogP contribution in [0.4, 0.5) is 0 Å². The maximum absolute atomic E-state index is 5.83. The minimum Gasteiger partial charge on any atom is -0.368 e. The highest BCUT2D eigenvalue weighted by molar-refractivity contribution is 5.25. The summed E-state index contributed by atoms with van der Waals surface area (Å²) >= 11 is 0. The number of likely N-dealkylation sites (N-methyl/N-ethyl adjacent to an activating group) is 1. The Hall–Kier alpha value is -1.04. The molecule has 1 aromatic rings. The predicted molar refractivity (Wildman–Crippen MR) is 84.5 cm³/mol. The van der Waals surface area contributed by atoms with Crippen LogP contribution in [-0.2, 0) is 11.2 Å². The Labute approximate surface area is 128 Å². The highest BCUT2D eigenvalue weighted by Crippen LogP contribution is 2.22. The van der Waals surface area contributed by atoms with Gasteiger partial charge in [0.05, 0.1) is 6.61 Å². The normalized spacial score (nSPS) is 21.5. The summed E-state index contributed by atoms with van der Waals surface area (Å²) in [5.74, 6) is 1.42. The summed E-state index contributed by atoms with van der Waals surface area (Å²) in [5, 5.41) is 3.23. The van der Waals surface area contributed by atoms with Gasteiger partial charge in [0.2, 0.25) is 0 Å². The number of nitrogens with zero attached hydrogens (tertiary/aromatic N) is 3. The SMILES string of the molecule is CNCC(C)Cc1c(C)nc(C2CN(C)CCO2)nc1C. The lowest BCUT2D eigenvalue weighted by Crippen LogP contribution is -2.36. The number of aryl methyl sites for hydroxylation is 2. The fraction of sp³-hybridized carbons (Fsp3) is 0.750. The van der Waals surface area contributed by atoms with E-state index >= 15 is 0 Å². The van der Waals surface area contributed by atoms with Crippen LogP contribution in [0, 0.1) is 19.8 Å². The van der Waals surface area contributed by atoms with Crippen LogP contribution in [0.3, 0.4) is 0 Å². The number of nitrogens with one attached hydrogen (secondary N) is 1. The molecular formula is C16H28N4O. The number of rotatable bonds is 5. The molecule has 1 aliphatic heterocycles. The van der Waals surface area contributed by atoms with Gasteiger partial charge in [0, 0.05) is 24.5 Å². The van der Waals surface area contributed by atoms with Gasteiger partial charge in [-0.15, -0.1) is 0 Å². The molecule has 1 aromatic heterocycles. The van der Waals surface area contributed by atoms with E-state index in [1.165, 1.54) is 5.56 Å². The standard InChI is InChI=1S/C16H28N4O/c1-11(9-17-4)8-14-12(2)18-16(19-13(14)3)15-10-20(5)6-7-21-15/h11,15,17H,6-10H2,1-5H3. The monoisotopic (exact) mass is 292 g/mol. The van der Waals surface area contributed by atoms with E-state index in [4.69, 9.17) is 14.7 Å². The Balaban J connectivity index is 2.16. The van der Waals surface area contributed by atoms with E-state index in [0.29, 0.717) is 5.92 Å². The third-order valence-electron chi connectivity index (χ3n) is 4.10. The van der Waals surface area contributed by atoms with Crippen molar-refractivity contribution in [1.29, 1.82) is 0 Å². The van der Waals surface area contributed by atoms with Crippen molar-refractivity contribution < 1.29 is 4.74 Å². The van der Waals surface area contributed by atoms with Crippen LogP contribution >= 0.6 is 0 Å². The average Bonchev–Trinajstić information content (AvgIpc) is 2.43. The van der Waals surface area contributed by atoms with Crippen LogP contribution in [-0.4, -0.2) is 55.2 Å². The van der Waals surface area contributed by atoms with E-state index in [1.54, 1.807) is 0 Å². The molecule has 0 aliphatic carbocycles. The zero-order chi connectivity index (χ0) is 15.4. The van der Waals surface area contributed by atoms with Gasteiger partial charge in [-0.25, -0.2) is 9.97 Å². The van der Waals surface area contributed by atoms with Crippen molar-refractivity contribution in [2.24, 2.45) is 5.92 Å². The molecule has 2 unspecified atom stereocenters. The molecule has 1 aliphatic rings. The van der Waals surface area contributed by atoms with Crippen LogP contribution in [0.2, 0.25) is 0 Å². The van der Waals surface area contributed by atoms with Crippen LogP contribution < -0.4 is 5.32 Å². The van der Waals surface area contributed by atoms with Gasteiger partial charge in [0.1, 0.15) is 6.10 Å². The molecule has 0 aromatic carbocycles. The molecule has 21 heavy (non-hydrogen) atoms. The Morgan fingerprint density at radius 1 is 1.33 bits per heavy atom. The van der Waals surface area contributed by atoms with Gasteiger partial charge >= 0.3 is 0 Å². The first-order chi connectivity index (χ1) is 10.0. The quantitative estimate of drug-likeness (QED) is 0.891. The minimum absolute atomic E-state index is 0.00457. The molecule has 0 spiro atoms. The first-order valence-electron chi connectivity index (χ1n) is 7.80. The summed E-state index contributed by atoms with van der Waals surface area (Å²) in [6.45, 7) is 10.0. The van der Waals surface area contributed by atoms with Gasteiger partial charge in [-0.3, -0.25) is 0 Å². The fourth-order valence-electron chi connectivity index (χ4n) is 2.91. The third-order valence-corrected chi connectivity index (χ3v) is 4.10. The Bertz CT molecular complexity index is 454. The molecule has 0 saturated carbocycles. The first kappa shape index (κ1) is 16.3. The van der Waals surface area contributed by atoms with Crippen molar-refractivity contribution in [1.82, 2.24) is 20.2 Å². The van der Waals surface area contributed by atoms with Crippen LogP contribution in [0.1, 0.15) is 35.8 Å². The number of ether oxygens (including phenoxy) is 1. The van der Waals surface area contributed by atoms with Gasteiger partial charge in [-0.2, -0.15) is 0 Å². The van der Waals surface area contributed by atoms with Gasteiger partial charge in [-0.1, -0.05) is 6.92 Å². The van der Waals surface area contributed by atoms with Crippen LogP contribution in [0.25, 0.3) is 0 Å². The van der Waals surface area contributed by atoms with E-state index in [-0.39, 0.29) is 6.10 Å². The van der Waals surface area contributed by atoms with Crippen molar-refractivity contribution in [3.63, 3.8) is 0 Å². The molecule has 1 N–H and O–H groups in total. The Morgan fingerprint density at radius 3 is 2.57 bits per heavy atom. The summed E-state index contributed by atoms with van der Waals surface area (Å²) in [6, 6.07) is 0. The summed E-state index contributed by atoms with van der Waals surface area (Å²) in [4.78, 5) is 11.7. The summed E-state index contributed by atoms with van der Waals surface area (Å²) < 4.78 is 5.83. The fourth-order valence-corrected chi connectivity index (χ4v) is 2.91. The number of morpholine rings is 1. The van der Waals surface area contributed by atoms with Gasteiger partial charge in [-0.05, 0) is 52.4 Å². The molecule has 1 saturated heterocycles. The van der Waals surface area contributed by atoms with Crippen LogP contribution in [0.15, 0.2) is 0 Å². The summed E-state index contributed by atoms with van der Waals surface area (Å²) in [7, 11) is 4.11. The summed E-state index contributed by atoms with van der Waals surface area (Å²) in [5.41, 5.74) is 3.47. The predicted octanol–water partition coefficient (Wildman–Crippen LogP) is 1.49. The molecule has 2 atom stereocenters. The zero-order valence-electron chi connectivity index (χ0n) is 13.9. The maximum Gasteiger partial charge on any atom is 0.158 e. The molecule has 118 valence electrons. The smallest absolute Gasteiger partial charge is 0.158 e. The lowest BCUT2D eigenvalue weighted by molar-refractivity contribution is -0.0256. The first-order valence-corrected chi connectivity index (χ1v) is 7.80. The molecule has 2 rings (SSSR count). The van der Waals surface area contributed by atoms with E-state index in [9.17, 15) is 0 Å². The second-order valence-corrected chi connectivity index (χ2v) is 6.22. The summed E-state index contributed by atoms with van der Waals surface area (Å²) in [6.07, 6.45) is 1.02. The van der Waals surface area contributed by atoms with Crippen molar-refractivity contribution in [3.8, 4) is 0 Å². The largest absolute Gasteiger partial charge is 0.368 e. The van der Waals surface area contributed by atoms with Crippen molar-refractivity contribution >= 4 is 0 Å². The Kier molecular flexibility index (Phi) is 5.67. The molecule has 5 nitrogen and oxygen atoms in total. The van der Waals surface area contributed by atoms with E-state index < -0.39 is 0 Å². The lowest BCUT2D eigenvalue weighted by Gasteiger charge is -2.29. The minimum atomic E-state index is 0.00457. The van der Waals surface area contributed by atoms with E-state index in [2.05, 4.69) is 38.0 Å². The lowest BCUT2D eigenvalue weighted by atomic mass is 9.98. The molecule has 0 bridgehead atoms. The number of hydrogen-bond donors (Lipinski definition) is 1. The highest BCUT2D eigenvalue weighted by Gasteiger charge is 2.23. The van der Waals surface area contributed by atoms with Crippen LogP contribution in [0.5, 0.6) is 0 Å². The number of hydrogen-bond acceptors (Lipinski definition) is 5. The topological polar surface area (TPSA) is 50.3 Å². The second kappa shape index (κ2) is 7.29. The second-order valence-electron chi connectivity index (χ2n) is 6.22. The van der Waals surface area contributed by atoms with Gasteiger partial charge < -0.3 is 15.0 Å².